The van der Waals surface area contributed by atoms with Crippen LogP contribution in [0.1, 0.15) is 13.3 Å². The summed E-state index contributed by atoms with van der Waals surface area (Å²) in [7, 11) is 0. The third-order valence-corrected chi connectivity index (χ3v) is 3.86. The summed E-state index contributed by atoms with van der Waals surface area (Å²) in [4.78, 5) is 15.0. The number of hydrogen-bond donors (Lipinski definition) is 1. The molecule has 1 amide bonds. The molecule has 0 unspecified atom stereocenters. The van der Waals surface area contributed by atoms with Crippen molar-refractivity contribution in [3.05, 3.63) is 24.5 Å². The van der Waals surface area contributed by atoms with Gasteiger partial charge in [0.15, 0.2) is 11.0 Å². The highest BCUT2D eigenvalue weighted by molar-refractivity contribution is 7.99. The highest BCUT2D eigenvalue weighted by Crippen LogP contribution is 2.23. The largest absolute Gasteiger partial charge is 0.382 e. The first-order valence-electron chi connectivity index (χ1n) is 7.04. The molecule has 0 spiro atoms. The molecule has 22 heavy (non-hydrogen) atoms. The van der Waals surface area contributed by atoms with E-state index >= 15 is 0 Å². The Hall–Kier alpha value is -1.93. The van der Waals surface area contributed by atoms with Gasteiger partial charge >= 0.3 is 0 Å². The summed E-state index contributed by atoms with van der Waals surface area (Å²) < 4.78 is 7.36. The number of nitrogens with zero attached hydrogens (tertiary/aromatic N) is 4. The molecule has 0 aliphatic rings. The van der Waals surface area contributed by atoms with Crippen LogP contribution >= 0.6 is 11.8 Å². The summed E-state index contributed by atoms with van der Waals surface area (Å²) >= 11 is 1.29. The van der Waals surface area contributed by atoms with Crippen LogP contribution in [0.15, 0.2) is 29.7 Å². The number of thioether (sulfide) groups is 1. The second-order valence-electron chi connectivity index (χ2n) is 4.50. The van der Waals surface area contributed by atoms with Crippen molar-refractivity contribution in [1.29, 1.82) is 0 Å². The fourth-order valence-electron chi connectivity index (χ4n) is 1.92. The average Bonchev–Trinajstić information content (AvgIpc) is 2.93. The molecule has 0 radical (unpaired) electrons. The minimum absolute atomic E-state index is 0.180. The molecule has 0 bridgehead atoms. The van der Waals surface area contributed by atoms with Crippen LogP contribution in [0.2, 0.25) is 0 Å². The second kappa shape index (κ2) is 8.50. The van der Waals surface area contributed by atoms with Gasteiger partial charge in [0, 0.05) is 37.7 Å². The first kappa shape index (κ1) is 16.4. The van der Waals surface area contributed by atoms with Crippen LogP contribution in [0, 0.1) is 0 Å². The van der Waals surface area contributed by atoms with Crippen molar-refractivity contribution in [2.45, 2.75) is 25.0 Å². The van der Waals surface area contributed by atoms with Gasteiger partial charge in [-0.25, -0.2) is 0 Å². The van der Waals surface area contributed by atoms with Gasteiger partial charge in [0.05, 0.1) is 5.75 Å². The van der Waals surface area contributed by atoms with Crippen LogP contribution in [0.25, 0.3) is 11.4 Å². The monoisotopic (exact) mass is 321 g/mol. The van der Waals surface area contributed by atoms with Gasteiger partial charge in [-0.2, -0.15) is 0 Å². The summed E-state index contributed by atoms with van der Waals surface area (Å²) in [5, 5.41) is 9.09. The van der Waals surface area contributed by atoms with Gasteiger partial charge in [-0.3, -0.25) is 9.78 Å². The molecule has 118 valence electrons. The molecule has 7 nitrogen and oxygen atoms in total. The molecular weight excluding hydrogens is 302 g/mol. The number of amides is 1. The number of carbonyl (C=O) groups excluding carboxylic acids is 1. The predicted molar refractivity (Wildman–Crippen MR) is 84.3 cm³/mol. The molecule has 0 aliphatic carbocycles. The van der Waals surface area contributed by atoms with Crippen molar-refractivity contribution in [2.75, 3.05) is 19.0 Å². The molecule has 2 rings (SSSR count). The molecule has 0 saturated carbocycles. The fraction of sp³-hybridized carbons (Fsp3) is 0.429. The Morgan fingerprint density at radius 1 is 1.36 bits per heavy atom. The lowest BCUT2D eigenvalue weighted by molar-refractivity contribution is -0.115. The van der Waals surface area contributed by atoms with Crippen LogP contribution in [0.4, 0.5) is 0 Å². The molecule has 0 saturated heterocycles. The Kier molecular flexibility index (Phi) is 6.35. The van der Waals surface area contributed by atoms with Gasteiger partial charge in [-0.15, -0.1) is 10.2 Å². The molecular formula is C14H19N5O2S. The molecule has 8 heteroatoms. The van der Waals surface area contributed by atoms with Gasteiger partial charge in [-0.05, 0) is 25.5 Å². The van der Waals surface area contributed by atoms with E-state index in [1.54, 1.807) is 12.4 Å². The van der Waals surface area contributed by atoms with E-state index in [1.807, 2.05) is 23.6 Å². The first-order chi connectivity index (χ1) is 10.7. The second-order valence-corrected chi connectivity index (χ2v) is 5.44. The van der Waals surface area contributed by atoms with Crippen LogP contribution in [0.3, 0.4) is 0 Å². The molecule has 0 fully saturated rings. The number of rotatable bonds is 9. The summed E-state index contributed by atoms with van der Waals surface area (Å²) in [6.45, 7) is 4.05. The Balaban J connectivity index is 2.19. The van der Waals surface area contributed by atoms with Crippen molar-refractivity contribution in [2.24, 2.45) is 5.73 Å². The maximum atomic E-state index is 11.0. The van der Waals surface area contributed by atoms with E-state index in [9.17, 15) is 4.79 Å². The molecule has 0 aromatic carbocycles. The minimum Gasteiger partial charge on any atom is -0.382 e. The summed E-state index contributed by atoms with van der Waals surface area (Å²) in [6, 6.07) is 3.76. The van der Waals surface area contributed by atoms with Crippen LogP contribution < -0.4 is 5.73 Å². The van der Waals surface area contributed by atoms with Crippen molar-refractivity contribution >= 4 is 17.7 Å². The maximum absolute atomic E-state index is 11.0. The van der Waals surface area contributed by atoms with Crippen molar-refractivity contribution in [3.8, 4) is 11.4 Å². The Bertz CT molecular complexity index is 603. The smallest absolute Gasteiger partial charge is 0.227 e. The normalized spacial score (nSPS) is 10.8. The Morgan fingerprint density at radius 2 is 2.14 bits per heavy atom. The number of nitrogens with two attached hydrogens (primary N) is 1. The van der Waals surface area contributed by atoms with Crippen LogP contribution in [0.5, 0.6) is 0 Å². The summed E-state index contributed by atoms with van der Waals surface area (Å²) in [5.74, 6) is 0.560. The molecule has 2 aromatic rings. The standard InChI is InChI=1S/C14H19N5O2S/c1-2-21-9-3-8-19-13(11-4-6-16-7-5-11)17-18-14(19)22-10-12(15)20/h4-7H,2-3,8-10H2,1H3,(H2,15,20). The van der Waals surface area contributed by atoms with Crippen LogP contribution in [-0.2, 0) is 16.1 Å². The van der Waals surface area contributed by atoms with E-state index in [4.69, 9.17) is 10.5 Å². The van der Waals surface area contributed by atoms with E-state index in [-0.39, 0.29) is 11.7 Å². The number of pyridine rings is 1. The molecule has 0 aliphatic heterocycles. The third kappa shape index (κ3) is 4.54. The van der Waals surface area contributed by atoms with E-state index < -0.39 is 0 Å². The lowest BCUT2D eigenvalue weighted by Gasteiger charge is -2.09. The van der Waals surface area contributed by atoms with Crippen molar-refractivity contribution < 1.29 is 9.53 Å². The molecule has 2 N–H and O–H groups in total. The lowest BCUT2D eigenvalue weighted by atomic mass is 10.2. The minimum atomic E-state index is -0.376. The summed E-state index contributed by atoms with van der Waals surface area (Å²) in [5.41, 5.74) is 6.14. The van der Waals surface area contributed by atoms with Gasteiger partial charge in [-0.1, -0.05) is 11.8 Å². The summed E-state index contributed by atoms with van der Waals surface area (Å²) in [6.07, 6.45) is 4.27. The predicted octanol–water partition coefficient (Wildman–Crippen LogP) is 1.34. The molecule has 2 heterocycles. The van der Waals surface area contributed by atoms with Gasteiger partial charge in [0.25, 0.3) is 0 Å². The topological polar surface area (TPSA) is 95.9 Å². The third-order valence-electron chi connectivity index (χ3n) is 2.87. The number of hydrogen-bond acceptors (Lipinski definition) is 6. The Labute approximate surface area is 133 Å². The van der Waals surface area contributed by atoms with Crippen molar-refractivity contribution in [1.82, 2.24) is 19.7 Å². The number of carbonyl (C=O) groups is 1. The Morgan fingerprint density at radius 3 is 2.82 bits per heavy atom. The lowest BCUT2D eigenvalue weighted by Crippen LogP contribution is -2.14. The first-order valence-corrected chi connectivity index (χ1v) is 8.03. The maximum Gasteiger partial charge on any atom is 0.227 e. The molecule has 0 atom stereocenters. The van der Waals surface area contributed by atoms with E-state index in [0.717, 1.165) is 17.8 Å². The molecule has 2 aromatic heterocycles. The number of ether oxygens (including phenoxy) is 1. The zero-order valence-corrected chi connectivity index (χ0v) is 13.3. The fourth-order valence-corrected chi connectivity index (χ4v) is 2.62. The average molecular weight is 321 g/mol. The van der Waals surface area contributed by atoms with E-state index in [0.29, 0.717) is 24.9 Å². The quantitative estimate of drug-likeness (QED) is 0.553. The zero-order chi connectivity index (χ0) is 15.8. The SMILES string of the molecule is CCOCCCn1c(SCC(N)=O)nnc1-c1ccncc1. The number of primary amides is 1. The van der Waals surface area contributed by atoms with Crippen molar-refractivity contribution in [3.63, 3.8) is 0 Å². The van der Waals surface area contributed by atoms with E-state index in [1.165, 1.54) is 11.8 Å². The van der Waals surface area contributed by atoms with E-state index in [2.05, 4.69) is 15.2 Å². The van der Waals surface area contributed by atoms with Gasteiger partial charge in [0.2, 0.25) is 5.91 Å². The highest BCUT2D eigenvalue weighted by atomic mass is 32.2. The van der Waals surface area contributed by atoms with Crippen LogP contribution in [-0.4, -0.2) is 44.6 Å². The highest BCUT2D eigenvalue weighted by Gasteiger charge is 2.14. The van der Waals surface area contributed by atoms with Gasteiger partial charge in [0.1, 0.15) is 0 Å². The number of aromatic nitrogens is 4. The van der Waals surface area contributed by atoms with Gasteiger partial charge < -0.3 is 15.0 Å². The zero-order valence-electron chi connectivity index (χ0n) is 12.4.